The number of hydrogen-bond donors (Lipinski definition) is 2. The SMILES string of the molecule is CCCOc1ccc(/C=N/Nc2ccnc(SCc3ccccc3)n2)c(O)c1. The Morgan fingerprint density at radius 3 is 2.82 bits per heavy atom. The summed E-state index contributed by atoms with van der Waals surface area (Å²) >= 11 is 1.56. The summed E-state index contributed by atoms with van der Waals surface area (Å²) in [6.07, 6.45) is 4.14. The number of phenols is 1. The third-order valence-corrected chi connectivity index (χ3v) is 4.63. The topological polar surface area (TPSA) is 79.6 Å². The summed E-state index contributed by atoms with van der Waals surface area (Å²) in [5.41, 5.74) is 4.67. The Kier molecular flexibility index (Phi) is 7.26. The van der Waals surface area contributed by atoms with Gasteiger partial charge in [0.1, 0.15) is 11.5 Å². The van der Waals surface area contributed by atoms with Gasteiger partial charge in [-0.3, -0.25) is 5.43 Å². The molecule has 1 heterocycles. The minimum atomic E-state index is 0.112. The summed E-state index contributed by atoms with van der Waals surface area (Å²) in [5, 5.41) is 14.9. The second-order valence-corrected chi connectivity index (χ2v) is 6.88. The first-order valence-corrected chi connectivity index (χ1v) is 9.98. The standard InChI is InChI=1S/C21H22N4O2S/c1-2-12-27-18-9-8-17(19(26)13-18)14-23-25-20-10-11-22-21(24-20)28-15-16-6-4-3-5-7-16/h3-11,13-14,26H,2,12,15H2,1H3,(H,22,24,25)/b23-14+. The lowest BCUT2D eigenvalue weighted by Crippen LogP contribution is -1.97. The molecule has 0 amide bonds. The van der Waals surface area contributed by atoms with Crippen LogP contribution in [0.2, 0.25) is 0 Å². The van der Waals surface area contributed by atoms with Gasteiger partial charge in [-0.25, -0.2) is 9.97 Å². The maximum atomic E-state index is 10.1. The molecule has 7 heteroatoms. The van der Waals surface area contributed by atoms with Crippen LogP contribution >= 0.6 is 11.8 Å². The lowest BCUT2D eigenvalue weighted by atomic mass is 10.2. The number of nitrogens with one attached hydrogen (secondary N) is 1. The molecule has 0 saturated carbocycles. The summed E-state index contributed by atoms with van der Waals surface area (Å²) in [6, 6.07) is 17.1. The van der Waals surface area contributed by atoms with E-state index in [-0.39, 0.29) is 5.75 Å². The fourth-order valence-electron chi connectivity index (χ4n) is 2.31. The molecule has 0 bridgehead atoms. The number of thioether (sulfide) groups is 1. The van der Waals surface area contributed by atoms with Crippen LogP contribution < -0.4 is 10.2 Å². The molecule has 3 rings (SSSR count). The Hall–Kier alpha value is -3.06. The molecule has 2 aromatic carbocycles. The first kappa shape index (κ1) is 19.7. The number of aromatic hydroxyl groups is 1. The number of benzene rings is 2. The highest BCUT2D eigenvalue weighted by Crippen LogP contribution is 2.23. The predicted molar refractivity (Wildman–Crippen MR) is 113 cm³/mol. The van der Waals surface area contributed by atoms with Gasteiger partial charge in [-0.2, -0.15) is 5.10 Å². The van der Waals surface area contributed by atoms with E-state index >= 15 is 0 Å². The normalized spacial score (nSPS) is 10.9. The zero-order valence-electron chi connectivity index (χ0n) is 15.6. The summed E-state index contributed by atoms with van der Waals surface area (Å²) < 4.78 is 5.49. The Labute approximate surface area is 168 Å². The average Bonchev–Trinajstić information content (AvgIpc) is 2.73. The molecular weight excluding hydrogens is 372 g/mol. The van der Waals surface area contributed by atoms with Gasteiger partial charge in [-0.1, -0.05) is 49.0 Å². The van der Waals surface area contributed by atoms with Crippen LogP contribution in [0.1, 0.15) is 24.5 Å². The van der Waals surface area contributed by atoms with Gasteiger partial charge in [0.2, 0.25) is 0 Å². The lowest BCUT2D eigenvalue weighted by Gasteiger charge is -2.06. The Balaban J connectivity index is 1.57. The van der Waals surface area contributed by atoms with Gasteiger partial charge in [0.25, 0.3) is 0 Å². The molecule has 0 aliphatic rings. The predicted octanol–water partition coefficient (Wildman–Crippen LogP) is 4.71. The highest BCUT2D eigenvalue weighted by Gasteiger charge is 2.03. The van der Waals surface area contributed by atoms with Crippen molar-refractivity contribution in [1.82, 2.24) is 9.97 Å². The number of ether oxygens (including phenoxy) is 1. The van der Waals surface area contributed by atoms with Crippen LogP contribution in [0.4, 0.5) is 5.82 Å². The quantitative estimate of drug-likeness (QED) is 0.237. The second kappa shape index (κ2) is 10.3. The number of aromatic nitrogens is 2. The number of phenolic OH excluding ortho intramolecular Hbond substituents is 1. The summed E-state index contributed by atoms with van der Waals surface area (Å²) in [6.45, 7) is 2.65. The van der Waals surface area contributed by atoms with Gasteiger partial charge >= 0.3 is 0 Å². The number of hydrogen-bond acceptors (Lipinski definition) is 7. The van der Waals surface area contributed by atoms with Crippen molar-refractivity contribution in [2.45, 2.75) is 24.3 Å². The number of hydrazone groups is 1. The molecule has 0 fully saturated rings. The monoisotopic (exact) mass is 394 g/mol. The van der Waals surface area contributed by atoms with E-state index in [1.165, 1.54) is 11.8 Å². The van der Waals surface area contributed by atoms with Gasteiger partial charge < -0.3 is 9.84 Å². The summed E-state index contributed by atoms with van der Waals surface area (Å²) in [7, 11) is 0. The molecule has 0 atom stereocenters. The van der Waals surface area contributed by atoms with Crippen molar-refractivity contribution in [2.24, 2.45) is 5.10 Å². The minimum Gasteiger partial charge on any atom is -0.507 e. The molecular formula is C21H22N4O2S. The van der Waals surface area contributed by atoms with Gasteiger partial charge in [0.15, 0.2) is 11.0 Å². The van der Waals surface area contributed by atoms with Crippen LogP contribution in [-0.4, -0.2) is 27.9 Å². The first-order valence-electron chi connectivity index (χ1n) is 8.99. The van der Waals surface area contributed by atoms with E-state index in [0.717, 1.165) is 12.2 Å². The Bertz CT molecular complexity index is 919. The third-order valence-electron chi connectivity index (χ3n) is 3.70. The van der Waals surface area contributed by atoms with Crippen molar-refractivity contribution >= 4 is 23.8 Å². The Morgan fingerprint density at radius 1 is 1.18 bits per heavy atom. The second-order valence-electron chi connectivity index (χ2n) is 5.94. The van der Waals surface area contributed by atoms with Gasteiger partial charge in [-0.05, 0) is 24.1 Å². The van der Waals surface area contributed by atoms with Crippen molar-refractivity contribution < 1.29 is 9.84 Å². The van der Waals surface area contributed by atoms with E-state index in [1.54, 1.807) is 42.2 Å². The van der Waals surface area contributed by atoms with Crippen LogP contribution in [0.5, 0.6) is 11.5 Å². The van der Waals surface area contributed by atoms with Crippen molar-refractivity contribution in [2.75, 3.05) is 12.0 Å². The summed E-state index contributed by atoms with van der Waals surface area (Å²) in [4.78, 5) is 8.71. The molecule has 0 radical (unpaired) electrons. The maximum absolute atomic E-state index is 10.1. The molecule has 1 aromatic heterocycles. The average molecular weight is 395 g/mol. The van der Waals surface area contributed by atoms with Crippen LogP contribution in [0, 0.1) is 0 Å². The van der Waals surface area contributed by atoms with E-state index in [9.17, 15) is 5.11 Å². The molecule has 144 valence electrons. The smallest absolute Gasteiger partial charge is 0.189 e. The van der Waals surface area contributed by atoms with Crippen molar-refractivity contribution in [1.29, 1.82) is 0 Å². The number of rotatable bonds is 9. The molecule has 28 heavy (non-hydrogen) atoms. The third kappa shape index (κ3) is 5.99. The number of anilines is 1. The zero-order valence-corrected chi connectivity index (χ0v) is 16.4. The fraction of sp³-hybridized carbons (Fsp3) is 0.190. The van der Waals surface area contributed by atoms with E-state index in [2.05, 4.69) is 32.6 Å². The van der Waals surface area contributed by atoms with E-state index < -0.39 is 0 Å². The van der Waals surface area contributed by atoms with Gasteiger partial charge in [-0.15, -0.1) is 0 Å². The first-order chi connectivity index (χ1) is 13.7. The molecule has 0 aliphatic heterocycles. The fourth-order valence-corrected chi connectivity index (χ4v) is 3.09. The van der Waals surface area contributed by atoms with E-state index in [1.807, 2.05) is 25.1 Å². The molecule has 0 unspecified atom stereocenters. The van der Waals surface area contributed by atoms with Crippen LogP contribution in [-0.2, 0) is 5.75 Å². The van der Waals surface area contributed by atoms with E-state index in [4.69, 9.17) is 4.74 Å². The van der Waals surface area contributed by atoms with Gasteiger partial charge in [0.05, 0.1) is 12.8 Å². The van der Waals surface area contributed by atoms with Crippen molar-refractivity contribution in [3.05, 3.63) is 71.9 Å². The lowest BCUT2D eigenvalue weighted by molar-refractivity contribution is 0.315. The van der Waals surface area contributed by atoms with Crippen molar-refractivity contribution in [3.8, 4) is 11.5 Å². The molecule has 0 aliphatic carbocycles. The maximum Gasteiger partial charge on any atom is 0.189 e. The highest BCUT2D eigenvalue weighted by molar-refractivity contribution is 7.98. The molecule has 0 spiro atoms. The molecule has 2 N–H and O–H groups in total. The molecule has 3 aromatic rings. The Morgan fingerprint density at radius 2 is 2.04 bits per heavy atom. The van der Waals surface area contributed by atoms with E-state index in [0.29, 0.717) is 28.9 Å². The highest BCUT2D eigenvalue weighted by atomic mass is 32.2. The minimum absolute atomic E-state index is 0.112. The number of nitrogens with zero attached hydrogens (tertiary/aromatic N) is 3. The van der Waals surface area contributed by atoms with Crippen LogP contribution in [0.3, 0.4) is 0 Å². The van der Waals surface area contributed by atoms with Crippen LogP contribution in [0.25, 0.3) is 0 Å². The largest absolute Gasteiger partial charge is 0.507 e. The van der Waals surface area contributed by atoms with Gasteiger partial charge in [0, 0.05) is 29.6 Å². The zero-order chi connectivity index (χ0) is 19.6. The molecule has 0 saturated heterocycles. The van der Waals surface area contributed by atoms with Crippen LogP contribution in [0.15, 0.2) is 71.1 Å². The van der Waals surface area contributed by atoms with Crippen molar-refractivity contribution in [3.63, 3.8) is 0 Å². The molecule has 6 nitrogen and oxygen atoms in total. The summed E-state index contributed by atoms with van der Waals surface area (Å²) in [5.74, 6) is 2.14.